The Morgan fingerprint density at radius 1 is 1.25 bits per heavy atom. The van der Waals surface area contributed by atoms with Gasteiger partial charge in [-0.25, -0.2) is 0 Å². The van der Waals surface area contributed by atoms with Crippen LogP contribution in [0.2, 0.25) is 0 Å². The predicted molar refractivity (Wildman–Crippen MR) is 46.5 cm³/mol. The maximum absolute atomic E-state index is 11.6. The Balaban J connectivity index is 1.83. The van der Waals surface area contributed by atoms with Crippen molar-refractivity contribution in [1.29, 1.82) is 0 Å². The molecule has 1 aliphatic heterocycles. The van der Waals surface area contributed by atoms with Crippen molar-refractivity contribution in [2.45, 2.75) is 31.7 Å². The molecule has 2 aliphatic rings. The van der Waals surface area contributed by atoms with Gasteiger partial charge in [0.05, 0.1) is 0 Å². The molecule has 1 saturated carbocycles. The van der Waals surface area contributed by atoms with Gasteiger partial charge >= 0.3 is 0 Å². The molecule has 0 aromatic rings. The fourth-order valence-electron chi connectivity index (χ4n) is 2.06. The zero-order chi connectivity index (χ0) is 8.55. The van der Waals surface area contributed by atoms with Crippen molar-refractivity contribution >= 4 is 5.91 Å². The lowest BCUT2D eigenvalue weighted by atomic mass is 9.80. The third-order valence-corrected chi connectivity index (χ3v) is 2.94. The fraction of sp³-hybridized carbons (Fsp3) is 0.889. The SMILES string of the molecule is NC1CC(C(=O)N2CCCC2)C1. The number of carbonyl (C=O) groups excluding carboxylic acids is 1. The Labute approximate surface area is 72.9 Å². The molecule has 1 aliphatic carbocycles. The van der Waals surface area contributed by atoms with Crippen LogP contribution in [0.5, 0.6) is 0 Å². The van der Waals surface area contributed by atoms with Crippen LogP contribution in [0.25, 0.3) is 0 Å². The van der Waals surface area contributed by atoms with Crippen LogP contribution in [-0.2, 0) is 4.79 Å². The Kier molecular flexibility index (Phi) is 2.05. The lowest BCUT2D eigenvalue weighted by molar-refractivity contribution is -0.137. The molecule has 0 radical (unpaired) electrons. The van der Waals surface area contributed by atoms with E-state index in [0.29, 0.717) is 11.9 Å². The quantitative estimate of drug-likeness (QED) is 0.614. The smallest absolute Gasteiger partial charge is 0.225 e. The van der Waals surface area contributed by atoms with Gasteiger partial charge in [-0.2, -0.15) is 0 Å². The average Bonchev–Trinajstić information content (AvgIpc) is 2.49. The molecule has 3 heteroatoms. The third-order valence-electron chi connectivity index (χ3n) is 2.94. The van der Waals surface area contributed by atoms with Gasteiger partial charge in [0.2, 0.25) is 5.91 Å². The molecule has 68 valence electrons. The van der Waals surface area contributed by atoms with E-state index in [2.05, 4.69) is 0 Å². The second-order valence-corrected chi connectivity index (χ2v) is 3.96. The highest BCUT2D eigenvalue weighted by molar-refractivity contribution is 5.80. The number of nitrogens with zero attached hydrogens (tertiary/aromatic N) is 1. The van der Waals surface area contributed by atoms with E-state index in [1.165, 1.54) is 12.8 Å². The number of nitrogens with two attached hydrogens (primary N) is 1. The Hall–Kier alpha value is -0.570. The van der Waals surface area contributed by atoms with Gasteiger partial charge in [0.15, 0.2) is 0 Å². The molecule has 3 nitrogen and oxygen atoms in total. The summed E-state index contributed by atoms with van der Waals surface area (Å²) in [6.07, 6.45) is 4.19. The molecular weight excluding hydrogens is 152 g/mol. The number of amides is 1. The van der Waals surface area contributed by atoms with Gasteiger partial charge in [0.1, 0.15) is 0 Å². The van der Waals surface area contributed by atoms with E-state index in [4.69, 9.17) is 5.73 Å². The summed E-state index contributed by atoms with van der Waals surface area (Å²) in [5.74, 6) is 0.618. The highest BCUT2D eigenvalue weighted by Gasteiger charge is 2.35. The molecule has 0 aromatic carbocycles. The van der Waals surface area contributed by atoms with Crippen LogP contribution in [-0.4, -0.2) is 29.9 Å². The monoisotopic (exact) mass is 168 g/mol. The second-order valence-electron chi connectivity index (χ2n) is 3.96. The molecule has 0 bridgehead atoms. The zero-order valence-electron chi connectivity index (χ0n) is 7.33. The van der Waals surface area contributed by atoms with Crippen LogP contribution in [0, 0.1) is 5.92 Å². The number of hydrogen-bond acceptors (Lipinski definition) is 2. The van der Waals surface area contributed by atoms with E-state index < -0.39 is 0 Å². The molecule has 2 N–H and O–H groups in total. The van der Waals surface area contributed by atoms with E-state index in [1.54, 1.807) is 0 Å². The Bertz CT molecular complexity index is 181. The van der Waals surface area contributed by atoms with E-state index in [1.807, 2.05) is 4.90 Å². The minimum absolute atomic E-state index is 0.262. The summed E-state index contributed by atoms with van der Waals surface area (Å²) in [4.78, 5) is 13.6. The van der Waals surface area contributed by atoms with Gasteiger partial charge in [-0.15, -0.1) is 0 Å². The molecule has 0 unspecified atom stereocenters. The van der Waals surface area contributed by atoms with Gasteiger partial charge in [-0.05, 0) is 25.7 Å². The topological polar surface area (TPSA) is 46.3 Å². The number of likely N-dealkylation sites (tertiary alicyclic amines) is 1. The number of carbonyl (C=O) groups is 1. The summed E-state index contributed by atoms with van der Waals surface area (Å²) in [5.41, 5.74) is 5.63. The average molecular weight is 168 g/mol. The summed E-state index contributed by atoms with van der Waals surface area (Å²) in [5, 5.41) is 0. The summed E-state index contributed by atoms with van der Waals surface area (Å²) in [7, 11) is 0. The van der Waals surface area contributed by atoms with Crippen molar-refractivity contribution in [2.24, 2.45) is 11.7 Å². The van der Waals surface area contributed by atoms with Crippen molar-refractivity contribution in [3.05, 3.63) is 0 Å². The van der Waals surface area contributed by atoms with Crippen molar-refractivity contribution < 1.29 is 4.79 Å². The van der Waals surface area contributed by atoms with Gasteiger partial charge in [-0.1, -0.05) is 0 Å². The van der Waals surface area contributed by atoms with Crippen LogP contribution in [0.1, 0.15) is 25.7 Å². The fourth-order valence-corrected chi connectivity index (χ4v) is 2.06. The van der Waals surface area contributed by atoms with Gasteiger partial charge < -0.3 is 10.6 Å². The summed E-state index contributed by atoms with van der Waals surface area (Å²) >= 11 is 0. The first-order chi connectivity index (χ1) is 5.77. The molecule has 1 amide bonds. The number of rotatable bonds is 1. The maximum Gasteiger partial charge on any atom is 0.225 e. The first kappa shape index (κ1) is 8.05. The van der Waals surface area contributed by atoms with Crippen molar-refractivity contribution in [3.63, 3.8) is 0 Å². The Morgan fingerprint density at radius 2 is 1.83 bits per heavy atom. The van der Waals surface area contributed by atoms with Crippen LogP contribution in [0.3, 0.4) is 0 Å². The molecule has 0 aromatic heterocycles. The van der Waals surface area contributed by atoms with E-state index >= 15 is 0 Å². The molecule has 2 fully saturated rings. The zero-order valence-corrected chi connectivity index (χ0v) is 7.33. The minimum Gasteiger partial charge on any atom is -0.342 e. The van der Waals surface area contributed by atoms with Gasteiger partial charge in [0.25, 0.3) is 0 Å². The molecular formula is C9H16N2O. The lowest BCUT2D eigenvalue weighted by Crippen LogP contribution is -2.45. The number of hydrogen-bond donors (Lipinski definition) is 1. The molecule has 2 rings (SSSR count). The first-order valence-corrected chi connectivity index (χ1v) is 4.82. The van der Waals surface area contributed by atoms with Gasteiger partial charge in [0, 0.05) is 25.0 Å². The normalized spacial score (nSPS) is 34.9. The summed E-state index contributed by atoms with van der Waals surface area (Å²) in [6.45, 7) is 1.95. The molecule has 1 saturated heterocycles. The van der Waals surface area contributed by atoms with Crippen LogP contribution >= 0.6 is 0 Å². The molecule has 1 heterocycles. The molecule has 0 atom stereocenters. The molecule has 12 heavy (non-hydrogen) atoms. The maximum atomic E-state index is 11.6. The van der Waals surface area contributed by atoms with Crippen molar-refractivity contribution in [3.8, 4) is 0 Å². The third kappa shape index (κ3) is 1.33. The van der Waals surface area contributed by atoms with Crippen LogP contribution in [0.15, 0.2) is 0 Å². The second kappa shape index (κ2) is 3.05. The lowest BCUT2D eigenvalue weighted by Gasteiger charge is -2.34. The van der Waals surface area contributed by atoms with E-state index in [9.17, 15) is 4.79 Å². The van der Waals surface area contributed by atoms with Crippen LogP contribution in [0.4, 0.5) is 0 Å². The summed E-state index contributed by atoms with van der Waals surface area (Å²) < 4.78 is 0. The highest BCUT2D eigenvalue weighted by atomic mass is 16.2. The Morgan fingerprint density at radius 3 is 2.33 bits per heavy atom. The largest absolute Gasteiger partial charge is 0.342 e. The predicted octanol–water partition coefficient (Wildman–Crippen LogP) is 0.346. The van der Waals surface area contributed by atoms with Gasteiger partial charge in [-0.3, -0.25) is 4.79 Å². The van der Waals surface area contributed by atoms with E-state index in [0.717, 1.165) is 25.9 Å². The standard InChI is InChI=1S/C9H16N2O/c10-8-5-7(6-8)9(12)11-3-1-2-4-11/h7-8H,1-6,10H2. The first-order valence-electron chi connectivity index (χ1n) is 4.82. The summed E-state index contributed by atoms with van der Waals surface area (Å²) in [6, 6.07) is 0.293. The van der Waals surface area contributed by atoms with Crippen LogP contribution < -0.4 is 5.73 Å². The molecule has 0 spiro atoms. The van der Waals surface area contributed by atoms with E-state index in [-0.39, 0.29) is 5.92 Å². The minimum atomic E-state index is 0.262. The highest BCUT2D eigenvalue weighted by Crippen LogP contribution is 2.28. The van der Waals surface area contributed by atoms with Crippen molar-refractivity contribution in [2.75, 3.05) is 13.1 Å². The van der Waals surface area contributed by atoms with Crippen molar-refractivity contribution in [1.82, 2.24) is 4.90 Å².